The molecule has 1 atom stereocenters. The molecule has 0 fully saturated rings. The van der Waals surface area contributed by atoms with Crippen molar-refractivity contribution in [3.05, 3.63) is 134 Å². The summed E-state index contributed by atoms with van der Waals surface area (Å²) in [6.45, 7) is 6.31. The molecule has 0 bridgehead atoms. The fraction of sp³-hybridized carbons (Fsp3) is 0.609. The average Bonchev–Trinajstić information content (AvgIpc) is 3.36. The molecule has 0 spiro atoms. The predicted molar refractivity (Wildman–Crippen MR) is 302 cm³/mol. The van der Waals surface area contributed by atoms with Gasteiger partial charge in [0.05, 0.1) is 0 Å². The van der Waals surface area contributed by atoms with Gasteiger partial charge in [-0.25, -0.2) is 0 Å². The Morgan fingerprint density at radius 1 is 0.300 bits per heavy atom. The van der Waals surface area contributed by atoms with E-state index in [1.807, 2.05) is 0 Å². The Morgan fingerprint density at radius 3 is 0.957 bits per heavy atom. The number of rotatable bonds is 49. The highest BCUT2D eigenvalue weighted by Gasteiger charge is 2.19. The van der Waals surface area contributed by atoms with Crippen LogP contribution in [0.5, 0.6) is 0 Å². The normalized spacial score (nSPS) is 13.1. The van der Waals surface area contributed by atoms with E-state index in [0.717, 1.165) is 128 Å². The maximum Gasteiger partial charge on any atom is 0.306 e. The van der Waals surface area contributed by atoms with Crippen LogP contribution in [0.25, 0.3) is 0 Å². The fourth-order valence-corrected chi connectivity index (χ4v) is 7.20. The van der Waals surface area contributed by atoms with E-state index in [2.05, 4.69) is 154 Å². The fourth-order valence-electron chi connectivity index (χ4n) is 7.20. The third kappa shape index (κ3) is 54.5. The first-order chi connectivity index (χ1) is 34.5. The van der Waals surface area contributed by atoms with Crippen molar-refractivity contribution in [2.75, 3.05) is 13.2 Å². The van der Waals surface area contributed by atoms with Gasteiger partial charge < -0.3 is 14.2 Å². The summed E-state index contributed by atoms with van der Waals surface area (Å²) in [5.74, 6) is -1.02. The highest BCUT2D eigenvalue weighted by molar-refractivity contribution is 5.71. The van der Waals surface area contributed by atoms with Gasteiger partial charge in [0, 0.05) is 19.3 Å². The molecule has 6 heteroatoms. The topological polar surface area (TPSA) is 78.9 Å². The van der Waals surface area contributed by atoms with Crippen LogP contribution in [0.3, 0.4) is 0 Å². The average molecular weight is 968 g/mol. The van der Waals surface area contributed by atoms with E-state index in [1.54, 1.807) is 0 Å². The van der Waals surface area contributed by atoms with Crippen molar-refractivity contribution in [3.8, 4) is 0 Å². The second kappa shape index (κ2) is 57.1. The molecular formula is C64H102O6. The summed E-state index contributed by atoms with van der Waals surface area (Å²) in [4.78, 5) is 38.1. The first-order valence-corrected chi connectivity index (χ1v) is 28.2. The van der Waals surface area contributed by atoms with E-state index in [0.29, 0.717) is 19.3 Å². The molecule has 0 aliphatic rings. The van der Waals surface area contributed by atoms with Crippen molar-refractivity contribution < 1.29 is 28.6 Å². The van der Waals surface area contributed by atoms with E-state index in [1.165, 1.54) is 57.8 Å². The van der Waals surface area contributed by atoms with Gasteiger partial charge >= 0.3 is 17.9 Å². The third-order valence-electron chi connectivity index (χ3n) is 11.4. The molecule has 0 aromatic heterocycles. The van der Waals surface area contributed by atoms with Crippen LogP contribution < -0.4 is 0 Å². The Balaban J connectivity index is 4.52. The van der Waals surface area contributed by atoms with Crippen LogP contribution in [-0.4, -0.2) is 37.2 Å². The van der Waals surface area contributed by atoms with E-state index in [9.17, 15) is 14.4 Å². The summed E-state index contributed by atoms with van der Waals surface area (Å²) in [6, 6.07) is 0. The van der Waals surface area contributed by atoms with E-state index < -0.39 is 6.10 Å². The Labute approximate surface area is 430 Å². The Bertz CT molecular complexity index is 1530. The predicted octanol–water partition coefficient (Wildman–Crippen LogP) is 19.0. The lowest BCUT2D eigenvalue weighted by Gasteiger charge is -2.18. The van der Waals surface area contributed by atoms with Crippen molar-refractivity contribution in [1.82, 2.24) is 0 Å². The zero-order valence-electron chi connectivity index (χ0n) is 45.0. The lowest BCUT2D eigenvalue weighted by Crippen LogP contribution is -2.30. The molecule has 1 unspecified atom stereocenters. The molecule has 6 nitrogen and oxygen atoms in total. The molecule has 0 heterocycles. The Hall–Kier alpha value is -4.45. The van der Waals surface area contributed by atoms with Crippen LogP contribution >= 0.6 is 0 Å². The molecule has 0 rings (SSSR count). The lowest BCUT2D eigenvalue weighted by molar-refractivity contribution is -0.167. The van der Waals surface area contributed by atoms with Crippen molar-refractivity contribution >= 4 is 17.9 Å². The monoisotopic (exact) mass is 967 g/mol. The largest absolute Gasteiger partial charge is 0.462 e. The summed E-state index contributed by atoms with van der Waals surface area (Å²) in [6.07, 6.45) is 80.2. The lowest BCUT2D eigenvalue weighted by atomic mass is 10.1. The highest BCUT2D eigenvalue weighted by Crippen LogP contribution is 2.13. The number of allylic oxidation sites excluding steroid dienone is 22. The molecule has 0 aromatic rings. The standard InChI is InChI=1S/C64H102O6/c1-4-7-10-13-16-19-22-25-27-29-30-31-32-33-34-35-37-39-42-45-48-51-54-57-63(66)69-60-61(59-68-62(65)56-53-50-47-44-41-38-24-21-18-15-12-9-6-3)70-64(67)58-55-52-49-46-43-40-36-28-26-23-20-17-14-11-8-5-2/h7,9-10,12,16,18-19,21,25,27-28,30-31,33-34,36-39,41,45,48,61H,4-6,8,11,13-15,17,20,22-24,26,29,32,35,40,42-44,46-47,49-60H2,1-3H3/b10-7-,12-9-,19-16-,21-18-,27-25-,31-30-,34-33-,36-28-,39-37-,41-38-,48-45-. The van der Waals surface area contributed by atoms with Gasteiger partial charge in [-0.15, -0.1) is 0 Å². The van der Waals surface area contributed by atoms with Crippen molar-refractivity contribution in [3.63, 3.8) is 0 Å². The van der Waals surface area contributed by atoms with Crippen LogP contribution in [0.1, 0.15) is 233 Å². The summed E-state index contributed by atoms with van der Waals surface area (Å²) >= 11 is 0. The number of esters is 3. The van der Waals surface area contributed by atoms with Crippen LogP contribution in [0, 0.1) is 0 Å². The zero-order chi connectivity index (χ0) is 50.7. The molecule has 0 aliphatic heterocycles. The minimum absolute atomic E-state index is 0.119. The van der Waals surface area contributed by atoms with Gasteiger partial charge in [-0.3, -0.25) is 14.4 Å². The number of carbonyl (C=O) groups is 3. The molecule has 394 valence electrons. The van der Waals surface area contributed by atoms with Gasteiger partial charge in [-0.1, -0.05) is 219 Å². The first kappa shape index (κ1) is 65.5. The summed E-state index contributed by atoms with van der Waals surface area (Å²) in [5.41, 5.74) is 0. The second-order valence-corrected chi connectivity index (χ2v) is 18.1. The van der Waals surface area contributed by atoms with E-state index in [-0.39, 0.29) is 37.5 Å². The molecule has 0 saturated carbocycles. The SMILES string of the molecule is CC/C=C\C/C=C\C/C=C\C/C=C\C/C=C\C/C=C\C/C=C\CCCC(=O)OCC(COC(=O)CCCCC/C=C\C/C=C\C/C=C\CC)OC(=O)CCCCCCC/C=C\CCCCCCCCC. The van der Waals surface area contributed by atoms with Gasteiger partial charge in [-0.2, -0.15) is 0 Å². The molecule has 0 N–H and O–H groups in total. The zero-order valence-corrected chi connectivity index (χ0v) is 45.0. The summed E-state index contributed by atoms with van der Waals surface area (Å²) in [5, 5.41) is 0. The molecule has 0 amide bonds. The Kier molecular flexibility index (Phi) is 53.5. The van der Waals surface area contributed by atoms with Gasteiger partial charge in [-0.05, 0) is 128 Å². The smallest absolute Gasteiger partial charge is 0.306 e. The van der Waals surface area contributed by atoms with Crippen molar-refractivity contribution in [2.24, 2.45) is 0 Å². The highest BCUT2D eigenvalue weighted by atomic mass is 16.6. The number of unbranched alkanes of at least 4 members (excludes halogenated alkanes) is 16. The van der Waals surface area contributed by atoms with Gasteiger partial charge in [0.2, 0.25) is 0 Å². The quantitative estimate of drug-likeness (QED) is 0.0262. The van der Waals surface area contributed by atoms with Crippen LogP contribution in [0.4, 0.5) is 0 Å². The van der Waals surface area contributed by atoms with Gasteiger partial charge in [0.1, 0.15) is 13.2 Å². The number of ether oxygens (including phenoxy) is 3. The van der Waals surface area contributed by atoms with Crippen molar-refractivity contribution in [1.29, 1.82) is 0 Å². The Morgan fingerprint density at radius 2 is 0.571 bits per heavy atom. The maximum absolute atomic E-state index is 12.8. The van der Waals surface area contributed by atoms with Crippen LogP contribution in [0.15, 0.2) is 134 Å². The maximum atomic E-state index is 12.8. The third-order valence-corrected chi connectivity index (χ3v) is 11.4. The molecule has 70 heavy (non-hydrogen) atoms. The molecule has 0 radical (unpaired) electrons. The number of carbonyl (C=O) groups excluding carboxylic acids is 3. The van der Waals surface area contributed by atoms with Crippen molar-refractivity contribution in [2.45, 2.75) is 239 Å². The number of hydrogen-bond donors (Lipinski definition) is 0. The molecule has 0 saturated heterocycles. The summed E-state index contributed by atoms with van der Waals surface area (Å²) < 4.78 is 16.8. The van der Waals surface area contributed by atoms with Crippen LogP contribution in [0.2, 0.25) is 0 Å². The van der Waals surface area contributed by atoms with E-state index in [4.69, 9.17) is 14.2 Å². The molecule has 0 aromatic carbocycles. The first-order valence-electron chi connectivity index (χ1n) is 28.2. The number of hydrogen-bond acceptors (Lipinski definition) is 6. The van der Waals surface area contributed by atoms with Gasteiger partial charge in [0.15, 0.2) is 6.10 Å². The minimum atomic E-state index is -0.823. The van der Waals surface area contributed by atoms with E-state index >= 15 is 0 Å². The molecular weight excluding hydrogens is 865 g/mol. The van der Waals surface area contributed by atoms with Gasteiger partial charge in [0.25, 0.3) is 0 Å². The van der Waals surface area contributed by atoms with Crippen LogP contribution in [-0.2, 0) is 28.6 Å². The summed E-state index contributed by atoms with van der Waals surface area (Å²) in [7, 11) is 0. The minimum Gasteiger partial charge on any atom is -0.462 e. The molecule has 0 aliphatic carbocycles. The second-order valence-electron chi connectivity index (χ2n) is 18.1.